The SMILES string of the molecule is CCCc1cc(C=O)on1. The molecule has 0 spiro atoms. The van der Waals surface area contributed by atoms with Gasteiger partial charge in [0.15, 0.2) is 12.0 Å². The Morgan fingerprint density at radius 1 is 1.80 bits per heavy atom. The van der Waals surface area contributed by atoms with Crippen LogP contribution in [0.2, 0.25) is 0 Å². The van der Waals surface area contributed by atoms with Crippen molar-refractivity contribution in [2.75, 3.05) is 0 Å². The van der Waals surface area contributed by atoms with Gasteiger partial charge in [-0.15, -0.1) is 0 Å². The number of carbonyl (C=O) groups excluding carboxylic acids is 1. The Kier molecular flexibility index (Phi) is 2.20. The van der Waals surface area contributed by atoms with E-state index >= 15 is 0 Å². The topological polar surface area (TPSA) is 43.1 Å². The molecule has 3 heteroatoms. The molecule has 0 N–H and O–H groups in total. The molecule has 0 atom stereocenters. The minimum atomic E-state index is 0.309. The van der Waals surface area contributed by atoms with Crippen molar-refractivity contribution in [2.24, 2.45) is 0 Å². The Morgan fingerprint density at radius 2 is 2.60 bits per heavy atom. The van der Waals surface area contributed by atoms with Crippen molar-refractivity contribution in [3.05, 3.63) is 17.5 Å². The van der Waals surface area contributed by atoms with Gasteiger partial charge in [-0.25, -0.2) is 0 Å². The number of carbonyl (C=O) groups is 1. The standard InChI is InChI=1S/C7H9NO2/c1-2-3-6-4-7(5-9)10-8-6/h4-5H,2-3H2,1H3. The van der Waals surface area contributed by atoms with Crippen LogP contribution < -0.4 is 0 Å². The van der Waals surface area contributed by atoms with Crippen molar-refractivity contribution in [3.8, 4) is 0 Å². The second-order valence-corrected chi connectivity index (χ2v) is 2.09. The Labute approximate surface area is 59.0 Å². The van der Waals surface area contributed by atoms with E-state index in [1.807, 2.05) is 0 Å². The van der Waals surface area contributed by atoms with Gasteiger partial charge in [-0.1, -0.05) is 18.5 Å². The zero-order chi connectivity index (χ0) is 7.40. The summed E-state index contributed by atoms with van der Waals surface area (Å²) < 4.78 is 4.65. The summed E-state index contributed by atoms with van der Waals surface area (Å²) >= 11 is 0. The molecular weight excluding hydrogens is 130 g/mol. The number of nitrogens with zero attached hydrogens (tertiary/aromatic N) is 1. The summed E-state index contributed by atoms with van der Waals surface area (Å²) in [5.41, 5.74) is 0.851. The molecule has 0 aliphatic rings. The maximum absolute atomic E-state index is 10.1. The van der Waals surface area contributed by atoms with Crippen LogP contribution in [0.3, 0.4) is 0 Å². The molecule has 0 unspecified atom stereocenters. The van der Waals surface area contributed by atoms with Crippen molar-refractivity contribution in [2.45, 2.75) is 19.8 Å². The molecular formula is C7H9NO2. The molecule has 0 amide bonds. The highest BCUT2D eigenvalue weighted by Gasteiger charge is 1.99. The third kappa shape index (κ3) is 1.43. The second-order valence-electron chi connectivity index (χ2n) is 2.09. The van der Waals surface area contributed by atoms with E-state index in [9.17, 15) is 4.79 Å². The van der Waals surface area contributed by atoms with E-state index in [4.69, 9.17) is 0 Å². The fourth-order valence-corrected chi connectivity index (χ4v) is 0.758. The van der Waals surface area contributed by atoms with Crippen LogP contribution in [-0.4, -0.2) is 11.4 Å². The quantitative estimate of drug-likeness (QED) is 0.595. The normalized spacial score (nSPS) is 9.70. The molecule has 0 radical (unpaired) electrons. The van der Waals surface area contributed by atoms with Crippen LogP contribution in [0.1, 0.15) is 29.6 Å². The molecule has 1 rings (SSSR count). The Bertz CT molecular complexity index is 217. The number of hydrogen-bond donors (Lipinski definition) is 0. The zero-order valence-electron chi connectivity index (χ0n) is 5.83. The van der Waals surface area contributed by atoms with Crippen LogP contribution in [0.4, 0.5) is 0 Å². The lowest BCUT2D eigenvalue weighted by Gasteiger charge is -1.82. The molecule has 54 valence electrons. The average molecular weight is 139 g/mol. The highest BCUT2D eigenvalue weighted by molar-refractivity contribution is 5.70. The van der Waals surface area contributed by atoms with E-state index in [1.165, 1.54) is 0 Å². The van der Waals surface area contributed by atoms with Crippen molar-refractivity contribution in [3.63, 3.8) is 0 Å². The lowest BCUT2D eigenvalue weighted by molar-refractivity contribution is 0.109. The maximum Gasteiger partial charge on any atom is 0.199 e. The largest absolute Gasteiger partial charge is 0.353 e. The van der Waals surface area contributed by atoms with E-state index in [2.05, 4.69) is 16.6 Å². The summed E-state index contributed by atoms with van der Waals surface area (Å²) in [6.45, 7) is 2.05. The van der Waals surface area contributed by atoms with Gasteiger partial charge in [-0.2, -0.15) is 0 Å². The minimum absolute atomic E-state index is 0.309. The molecule has 0 aliphatic carbocycles. The Hall–Kier alpha value is -1.12. The molecule has 0 aromatic carbocycles. The van der Waals surface area contributed by atoms with Gasteiger partial charge >= 0.3 is 0 Å². The number of hydrogen-bond acceptors (Lipinski definition) is 3. The molecule has 0 fully saturated rings. The molecule has 0 bridgehead atoms. The van der Waals surface area contributed by atoms with Gasteiger partial charge < -0.3 is 4.52 Å². The third-order valence-electron chi connectivity index (χ3n) is 1.20. The highest BCUT2D eigenvalue weighted by Crippen LogP contribution is 2.02. The minimum Gasteiger partial charge on any atom is -0.353 e. The van der Waals surface area contributed by atoms with Crippen molar-refractivity contribution < 1.29 is 9.32 Å². The van der Waals surface area contributed by atoms with E-state index in [1.54, 1.807) is 6.07 Å². The van der Waals surface area contributed by atoms with Gasteiger partial charge in [0.05, 0.1) is 5.69 Å². The van der Waals surface area contributed by atoms with Gasteiger partial charge in [-0.05, 0) is 6.42 Å². The van der Waals surface area contributed by atoms with Gasteiger partial charge in [0.1, 0.15) is 0 Å². The van der Waals surface area contributed by atoms with Crippen LogP contribution >= 0.6 is 0 Å². The molecule has 0 saturated heterocycles. The number of aryl methyl sites for hydroxylation is 1. The fourth-order valence-electron chi connectivity index (χ4n) is 0.758. The lowest BCUT2D eigenvalue weighted by Crippen LogP contribution is -1.79. The molecule has 10 heavy (non-hydrogen) atoms. The van der Waals surface area contributed by atoms with Crippen LogP contribution in [0.15, 0.2) is 10.6 Å². The molecule has 1 aromatic rings. The fraction of sp³-hybridized carbons (Fsp3) is 0.429. The zero-order valence-corrected chi connectivity index (χ0v) is 5.83. The predicted molar refractivity (Wildman–Crippen MR) is 35.9 cm³/mol. The lowest BCUT2D eigenvalue weighted by atomic mass is 10.2. The summed E-state index contributed by atoms with van der Waals surface area (Å²) in [4.78, 5) is 10.1. The first kappa shape index (κ1) is 6.99. The maximum atomic E-state index is 10.1. The molecule has 1 aromatic heterocycles. The Morgan fingerprint density at radius 3 is 3.10 bits per heavy atom. The van der Waals surface area contributed by atoms with Crippen molar-refractivity contribution >= 4 is 6.29 Å². The van der Waals surface area contributed by atoms with Gasteiger partial charge in [0.2, 0.25) is 0 Å². The summed E-state index contributed by atoms with van der Waals surface area (Å²) in [5.74, 6) is 0.309. The summed E-state index contributed by atoms with van der Waals surface area (Å²) in [6, 6.07) is 1.66. The van der Waals surface area contributed by atoms with Crippen LogP contribution in [0, 0.1) is 0 Å². The first-order chi connectivity index (χ1) is 4.86. The monoisotopic (exact) mass is 139 g/mol. The van der Waals surface area contributed by atoms with Crippen molar-refractivity contribution in [1.82, 2.24) is 5.16 Å². The first-order valence-electron chi connectivity index (χ1n) is 3.27. The van der Waals surface area contributed by atoms with E-state index in [-0.39, 0.29) is 0 Å². The second kappa shape index (κ2) is 3.15. The van der Waals surface area contributed by atoms with Crippen molar-refractivity contribution in [1.29, 1.82) is 0 Å². The van der Waals surface area contributed by atoms with Gasteiger partial charge in [0, 0.05) is 6.07 Å². The number of rotatable bonds is 3. The van der Waals surface area contributed by atoms with Crippen LogP contribution in [0.25, 0.3) is 0 Å². The summed E-state index contributed by atoms with van der Waals surface area (Å²) in [7, 11) is 0. The highest BCUT2D eigenvalue weighted by atomic mass is 16.5. The van der Waals surface area contributed by atoms with Gasteiger partial charge in [0.25, 0.3) is 0 Å². The number of aromatic nitrogens is 1. The summed E-state index contributed by atoms with van der Waals surface area (Å²) in [5, 5.41) is 3.67. The van der Waals surface area contributed by atoms with E-state index in [0.717, 1.165) is 18.5 Å². The van der Waals surface area contributed by atoms with E-state index < -0.39 is 0 Å². The third-order valence-corrected chi connectivity index (χ3v) is 1.20. The van der Waals surface area contributed by atoms with Crippen LogP contribution in [-0.2, 0) is 6.42 Å². The number of aldehydes is 1. The van der Waals surface area contributed by atoms with Gasteiger partial charge in [-0.3, -0.25) is 4.79 Å². The van der Waals surface area contributed by atoms with Crippen LogP contribution in [0.5, 0.6) is 0 Å². The molecule has 3 nitrogen and oxygen atoms in total. The average Bonchev–Trinajstić information content (AvgIpc) is 2.37. The van der Waals surface area contributed by atoms with E-state index in [0.29, 0.717) is 12.0 Å². The Balaban J connectivity index is 2.68. The molecule has 0 saturated carbocycles. The summed E-state index contributed by atoms with van der Waals surface area (Å²) in [6.07, 6.45) is 2.55. The smallest absolute Gasteiger partial charge is 0.199 e. The first-order valence-corrected chi connectivity index (χ1v) is 3.27. The molecule has 1 heterocycles. The molecule has 0 aliphatic heterocycles. The predicted octanol–water partition coefficient (Wildman–Crippen LogP) is 1.44.